The number of amides is 2. The van der Waals surface area contributed by atoms with E-state index in [4.69, 9.17) is 0 Å². The number of aryl methyl sites for hydroxylation is 2. The Hall–Kier alpha value is -1.10. The predicted octanol–water partition coefficient (Wildman–Crippen LogP) is 3.66. The highest BCUT2D eigenvalue weighted by atomic mass is 32.1. The van der Waals surface area contributed by atoms with E-state index in [-0.39, 0.29) is 12.1 Å². The Morgan fingerprint density at radius 3 is 2.59 bits per heavy atom. The van der Waals surface area contributed by atoms with E-state index in [2.05, 4.69) is 17.2 Å². The number of aromatic nitrogens is 1. The molecule has 0 aromatic carbocycles. The van der Waals surface area contributed by atoms with Crippen LogP contribution < -0.4 is 5.32 Å². The van der Waals surface area contributed by atoms with Crippen LogP contribution in [0.2, 0.25) is 0 Å². The second kappa shape index (κ2) is 5.52. The summed E-state index contributed by atoms with van der Waals surface area (Å²) in [6, 6.07) is 0.767. The lowest BCUT2D eigenvalue weighted by atomic mass is 9.97. The number of thiazole rings is 1. The summed E-state index contributed by atoms with van der Waals surface area (Å²) in [6.45, 7) is 2.07. The van der Waals surface area contributed by atoms with E-state index in [9.17, 15) is 4.79 Å². The lowest BCUT2D eigenvalue weighted by Gasteiger charge is -2.32. The summed E-state index contributed by atoms with van der Waals surface area (Å²) >= 11 is 1.77. The normalized spacial score (nSPS) is 24.2. The third-order valence-electron chi connectivity index (χ3n) is 5.37. The molecule has 3 aliphatic carbocycles. The van der Waals surface area contributed by atoms with Crippen molar-refractivity contribution < 1.29 is 4.79 Å². The minimum atomic E-state index is 0.118. The van der Waals surface area contributed by atoms with Gasteiger partial charge >= 0.3 is 6.03 Å². The largest absolute Gasteiger partial charge is 0.335 e. The smallest absolute Gasteiger partial charge is 0.317 e. The molecule has 1 aromatic rings. The lowest BCUT2D eigenvalue weighted by molar-refractivity contribution is 0.178. The van der Waals surface area contributed by atoms with Gasteiger partial charge in [-0.1, -0.05) is 0 Å². The molecule has 5 heteroatoms. The molecule has 2 fully saturated rings. The van der Waals surface area contributed by atoms with Gasteiger partial charge in [-0.25, -0.2) is 9.78 Å². The van der Waals surface area contributed by atoms with Gasteiger partial charge in [0.15, 0.2) is 0 Å². The first-order chi connectivity index (χ1) is 10.6. The molecule has 1 atom stereocenters. The zero-order chi connectivity index (χ0) is 15.3. The van der Waals surface area contributed by atoms with Crippen molar-refractivity contribution in [1.82, 2.24) is 15.2 Å². The number of rotatable bonds is 4. The number of carbonyl (C=O) groups is 1. The van der Waals surface area contributed by atoms with E-state index in [1.54, 1.807) is 11.3 Å². The summed E-state index contributed by atoms with van der Waals surface area (Å²) in [7, 11) is 1.96. The molecule has 22 heavy (non-hydrogen) atoms. The second-order valence-electron chi connectivity index (χ2n) is 7.21. The lowest BCUT2D eigenvalue weighted by Crippen LogP contribution is -2.46. The maximum absolute atomic E-state index is 12.7. The summed E-state index contributed by atoms with van der Waals surface area (Å²) in [5.74, 6) is 1.50. The third-order valence-corrected chi connectivity index (χ3v) is 6.48. The number of hydrogen-bond acceptors (Lipinski definition) is 3. The first-order valence-corrected chi connectivity index (χ1v) is 9.44. The van der Waals surface area contributed by atoms with Crippen molar-refractivity contribution in [3.05, 3.63) is 15.6 Å². The summed E-state index contributed by atoms with van der Waals surface area (Å²) < 4.78 is 0. The van der Waals surface area contributed by atoms with Crippen LogP contribution >= 0.6 is 11.3 Å². The van der Waals surface area contributed by atoms with Crippen molar-refractivity contribution in [3.8, 4) is 0 Å². The highest BCUT2D eigenvalue weighted by Crippen LogP contribution is 2.45. The van der Waals surface area contributed by atoms with E-state index in [1.165, 1.54) is 36.3 Å². The Labute approximate surface area is 136 Å². The minimum Gasteiger partial charge on any atom is -0.335 e. The molecular formula is C17H25N3OS. The minimum absolute atomic E-state index is 0.118. The van der Waals surface area contributed by atoms with Gasteiger partial charge in [0, 0.05) is 13.1 Å². The van der Waals surface area contributed by atoms with Gasteiger partial charge in [-0.2, -0.15) is 0 Å². The molecule has 2 amide bonds. The number of fused-ring (bicyclic) bond motifs is 1. The SMILES string of the molecule is Cc1nc2c(s1)[C@H](N(C)C(=O)NC(C1CC1)C1CC1)CCC2. The zero-order valence-electron chi connectivity index (χ0n) is 13.5. The number of hydrogen-bond donors (Lipinski definition) is 1. The van der Waals surface area contributed by atoms with Crippen LogP contribution in [0.1, 0.15) is 60.1 Å². The Kier molecular flexibility index (Phi) is 3.63. The molecule has 4 rings (SSSR count). The predicted molar refractivity (Wildman–Crippen MR) is 88.1 cm³/mol. The molecular weight excluding hydrogens is 294 g/mol. The molecule has 0 spiro atoms. The number of urea groups is 1. The maximum Gasteiger partial charge on any atom is 0.317 e. The molecule has 0 radical (unpaired) electrons. The van der Waals surface area contributed by atoms with E-state index in [0.29, 0.717) is 6.04 Å². The maximum atomic E-state index is 12.7. The molecule has 120 valence electrons. The Bertz CT molecular complexity index is 564. The average Bonchev–Trinajstić information content (AvgIpc) is 3.40. The number of nitrogens with one attached hydrogen (secondary N) is 1. The molecule has 2 saturated carbocycles. The third kappa shape index (κ3) is 2.75. The van der Waals surface area contributed by atoms with Gasteiger partial charge in [0.1, 0.15) is 0 Å². The van der Waals surface area contributed by atoms with Crippen LogP contribution in [0.4, 0.5) is 4.79 Å². The van der Waals surface area contributed by atoms with Gasteiger partial charge in [0.05, 0.1) is 21.6 Å². The Morgan fingerprint density at radius 1 is 1.27 bits per heavy atom. The monoisotopic (exact) mass is 319 g/mol. The molecule has 0 aliphatic heterocycles. The van der Waals surface area contributed by atoms with Crippen LogP contribution in [0.3, 0.4) is 0 Å². The molecule has 1 heterocycles. The Balaban J connectivity index is 1.46. The van der Waals surface area contributed by atoms with Crippen LogP contribution in [0.5, 0.6) is 0 Å². The van der Waals surface area contributed by atoms with Gasteiger partial charge < -0.3 is 10.2 Å². The first kappa shape index (κ1) is 14.5. The zero-order valence-corrected chi connectivity index (χ0v) is 14.3. The Morgan fingerprint density at radius 2 is 1.95 bits per heavy atom. The molecule has 1 N–H and O–H groups in total. The molecule has 0 unspecified atom stereocenters. The number of nitrogens with zero attached hydrogens (tertiary/aromatic N) is 2. The fourth-order valence-corrected chi connectivity index (χ4v) is 4.96. The fraction of sp³-hybridized carbons (Fsp3) is 0.765. The van der Waals surface area contributed by atoms with Crippen molar-refractivity contribution >= 4 is 17.4 Å². The molecule has 3 aliphatic rings. The van der Waals surface area contributed by atoms with Crippen LogP contribution in [0, 0.1) is 18.8 Å². The van der Waals surface area contributed by atoms with Crippen molar-refractivity contribution in [1.29, 1.82) is 0 Å². The van der Waals surface area contributed by atoms with E-state index < -0.39 is 0 Å². The van der Waals surface area contributed by atoms with Crippen LogP contribution in [-0.4, -0.2) is 29.0 Å². The summed E-state index contributed by atoms with van der Waals surface area (Å²) in [5.41, 5.74) is 1.22. The van der Waals surface area contributed by atoms with Gasteiger partial charge in [-0.3, -0.25) is 0 Å². The molecule has 1 aromatic heterocycles. The van der Waals surface area contributed by atoms with Crippen LogP contribution in [0.25, 0.3) is 0 Å². The first-order valence-electron chi connectivity index (χ1n) is 8.63. The van der Waals surface area contributed by atoms with Gasteiger partial charge in [0.2, 0.25) is 0 Å². The van der Waals surface area contributed by atoms with Crippen molar-refractivity contribution in [2.24, 2.45) is 11.8 Å². The highest BCUT2D eigenvalue weighted by molar-refractivity contribution is 7.11. The fourth-order valence-electron chi connectivity index (χ4n) is 3.81. The van der Waals surface area contributed by atoms with Crippen LogP contribution in [0.15, 0.2) is 0 Å². The van der Waals surface area contributed by atoms with Gasteiger partial charge in [0.25, 0.3) is 0 Å². The second-order valence-corrected chi connectivity index (χ2v) is 8.45. The van der Waals surface area contributed by atoms with E-state index in [1.807, 2.05) is 11.9 Å². The summed E-state index contributed by atoms with van der Waals surface area (Å²) in [5, 5.41) is 4.47. The quantitative estimate of drug-likeness (QED) is 0.920. The topological polar surface area (TPSA) is 45.2 Å². The van der Waals surface area contributed by atoms with Gasteiger partial charge in [-0.15, -0.1) is 11.3 Å². The standard InChI is InChI=1S/C17H25N3OS/c1-10-18-13-4-3-5-14(16(13)22-10)20(2)17(21)19-15(11-6-7-11)12-8-9-12/h11-12,14-15H,3-9H2,1-2H3,(H,19,21)/t14-/m1/s1. The molecule has 0 saturated heterocycles. The van der Waals surface area contributed by atoms with Gasteiger partial charge in [-0.05, 0) is 63.7 Å². The average molecular weight is 319 g/mol. The van der Waals surface area contributed by atoms with Crippen molar-refractivity contribution in [2.75, 3.05) is 7.05 Å². The number of carbonyl (C=O) groups excluding carboxylic acids is 1. The van der Waals surface area contributed by atoms with E-state index in [0.717, 1.165) is 36.1 Å². The molecule has 0 bridgehead atoms. The van der Waals surface area contributed by atoms with Crippen molar-refractivity contribution in [3.63, 3.8) is 0 Å². The van der Waals surface area contributed by atoms with E-state index >= 15 is 0 Å². The summed E-state index contributed by atoms with van der Waals surface area (Å²) in [4.78, 5) is 20.6. The van der Waals surface area contributed by atoms with Crippen molar-refractivity contribution in [2.45, 2.75) is 64.0 Å². The van der Waals surface area contributed by atoms with Crippen LogP contribution in [-0.2, 0) is 6.42 Å². The summed E-state index contributed by atoms with van der Waals surface area (Å²) in [6.07, 6.45) is 8.46. The highest BCUT2D eigenvalue weighted by Gasteiger charge is 2.43. The molecule has 4 nitrogen and oxygen atoms in total.